The monoisotopic (exact) mass is 365 g/mol. The van der Waals surface area contributed by atoms with Crippen LogP contribution in [-0.4, -0.2) is 38.4 Å². The van der Waals surface area contributed by atoms with E-state index in [1.54, 1.807) is 12.1 Å². The normalized spacial score (nSPS) is 21.5. The molecule has 3 N–H and O–H groups in total. The van der Waals surface area contributed by atoms with E-state index in [9.17, 15) is 13.2 Å². The predicted molar refractivity (Wildman–Crippen MR) is 86.9 cm³/mol. The number of carbonyl (C=O) groups is 1. The molecule has 0 bridgehead atoms. The van der Waals surface area contributed by atoms with Crippen molar-refractivity contribution in [3.8, 4) is 0 Å². The van der Waals surface area contributed by atoms with Crippen molar-refractivity contribution in [2.24, 2.45) is 0 Å². The van der Waals surface area contributed by atoms with Crippen molar-refractivity contribution in [1.82, 2.24) is 5.32 Å². The van der Waals surface area contributed by atoms with Gasteiger partial charge in [0.25, 0.3) is 5.91 Å². The number of benzene rings is 1. The Morgan fingerprint density at radius 3 is 2.77 bits per heavy atom. The molecule has 1 saturated heterocycles. The number of amides is 1. The number of hydrogen-bond donors (Lipinski definition) is 2. The largest absolute Gasteiger partial charge is 0.347 e. The average molecular weight is 366 g/mol. The van der Waals surface area contributed by atoms with Gasteiger partial charge in [0.15, 0.2) is 16.4 Å². The third-order valence-electron chi connectivity index (χ3n) is 3.71. The minimum Gasteiger partial charge on any atom is -0.347 e. The summed E-state index contributed by atoms with van der Waals surface area (Å²) in [7, 11) is -2.98. The van der Waals surface area contributed by atoms with Crippen LogP contribution in [0.1, 0.15) is 24.9 Å². The first-order valence-electron chi connectivity index (χ1n) is 7.05. The highest BCUT2D eigenvalue weighted by Gasteiger charge is 2.29. The zero-order valence-corrected chi connectivity index (χ0v) is 14.5. The van der Waals surface area contributed by atoms with Crippen LogP contribution < -0.4 is 10.6 Å². The van der Waals surface area contributed by atoms with Gasteiger partial charge in [-0.25, -0.2) is 8.42 Å². The number of quaternary nitrogens is 1. The van der Waals surface area contributed by atoms with E-state index in [0.29, 0.717) is 16.5 Å². The second kappa shape index (κ2) is 7.17. The Morgan fingerprint density at radius 1 is 1.45 bits per heavy atom. The summed E-state index contributed by atoms with van der Waals surface area (Å²) in [4.78, 5) is 11.9. The zero-order chi connectivity index (χ0) is 16.3. The van der Waals surface area contributed by atoms with E-state index in [1.165, 1.54) is 0 Å². The quantitative estimate of drug-likeness (QED) is 0.813. The maximum absolute atomic E-state index is 11.9. The number of hydrogen-bond acceptors (Lipinski definition) is 3. The summed E-state index contributed by atoms with van der Waals surface area (Å²) in [5, 5.41) is 5.76. The first kappa shape index (κ1) is 17.5. The van der Waals surface area contributed by atoms with E-state index in [1.807, 2.05) is 18.3 Å². The smallest absolute Gasteiger partial charge is 0.275 e. The number of sulfone groups is 1. The Bertz CT molecular complexity index is 664. The molecule has 1 fully saturated rings. The van der Waals surface area contributed by atoms with Crippen LogP contribution in [0.2, 0.25) is 10.0 Å². The lowest BCUT2D eigenvalue weighted by Gasteiger charge is -2.14. The SMILES string of the molecule is C[C@H]([NH2+]CC(=O)N[C@@H]1CCS(=O)(=O)C1)c1ccc(Cl)cc1Cl. The van der Waals surface area contributed by atoms with Crippen LogP contribution in [0.25, 0.3) is 0 Å². The van der Waals surface area contributed by atoms with Gasteiger partial charge in [-0.3, -0.25) is 4.79 Å². The maximum Gasteiger partial charge on any atom is 0.275 e. The Hall–Kier alpha value is -0.820. The molecule has 1 heterocycles. The molecule has 1 amide bonds. The van der Waals surface area contributed by atoms with Gasteiger partial charge in [-0.1, -0.05) is 29.3 Å². The summed E-state index contributed by atoms with van der Waals surface area (Å²) < 4.78 is 22.7. The molecule has 0 radical (unpaired) electrons. The standard InChI is InChI=1S/C14H18Cl2N2O3S/c1-9(12-3-2-10(15)6-13(12)16)17-7-14(19)18-11-4-5-22(20,21)8-11/h2-3,6,9,11,17H,4-5,7-8H2,1H3,(H,18,19)/p+1/t9-,11+/m0/s1. The van der Waals surface area contributed by atoms with Gasteiger partial charge >= 0.3 is 0 Å². The molecule has 2 atom stereocenters. The summed E-state index contributed by atoms with van der Waals surface area (Å²) >= 11 is 12.0. The summed E-state index contributed by atoms with van der Waals surface area (Å²) in [5.74, 6) is 0.0227. The lowest BCUT2D eigenvalue weighted by atomic mass is 10.1. The van der Waals surface area contributed by atoms with Crippen LogP contribution in [0.3, 0.4) is 0 Å². The molecule has 0 aliphatic carbocycles. The summed E-state index contributed by atoms with van der Waals surface area (Å²) in [6.45, 7) is 2.17. The molecule has 0 unspecified atom stereocenters. The van der Waals surface area contributed by atoms with Gasteiger partial charge in [0.2, 0.25) is 0 Å². The molecule has 0 aromatic heterocycles. The molecule has 1 aromatic carbocycles. The molecule has 1 aliphatic rings. The average Bonchev–Trinajstić information content (AvgIpc) is 2.75. The third-order valence-corrected chi connectivity index (χ3v) is 6.04. The predicted octanol–water partition coefficient (Wildman–Crippen LogP) is 0.921. The molecule has 2 rings (SSSR count). The molecule has 0 saturated carbocycles. The van der Waals surface area contributed by atoms with Crippen LogP contribution >= 0.6 is 23.2 Å². The van der Waals surface area contributed by atoms with Gasteiger partial charge in [-0.2, -0.15) is 0 Å². The molecular weight excluding hydrogens is 347 g/mol. The minimum atomic E-state index is -2.98. The highest BCUT2D eigenvalue weighted by Crippen LogP contribution is 2.24. The second-order valence-electron chi connectivity index (χ2n) is 5.56. The molecular formula is C14H19Cl2N2O3S+. The van der Waals surface area contributed by atoms with Gasteiger partial charge < -0.3 is 10.6 Å². The van der Waals surface area contributed by atoms with Gasteiger partial charge in [0, 0.05) is 16.6 Å². The number of nitrogens with one attached hydrogen (secondary N) is 1. The highest BCUT2D eigenvalue weighted by molar-refractivity contribution is 7.91. The topological polar surface area (TPSA) is 79.8 Å². The highest BCUT2D eigenvalue weighted by atomic mass is 35.5. The van der Waals surface area contributed by atoms with Crippen LogP contribution in [0.15, 0.2) is 18.2 Å². The molecule has 8 heteroatoms. The van der Waals surface area contributed by atoms with Crippen LogP contribution in [0.5, 0.6) is 0 Å². The van der Waals surface area contributed by atoms with Crippen molar-refractivity contribution >= 4 is 38.9 Å². The Balaban J connectivity index is 1.83. The molecule has 1 aromatic rings. The number of halogens is 2. The van der Waals surface area contributed by atoms with Crippen molar-refractivity contribution in [1.29, 1.82) is 0 Å². The lowest BCUT2D eigenvalue weighted by Crippen LogP contribution is -2.87. The molecule has 0 spiro atoms. The molecule has 122 valence electrons. The van der Waals surface area contributed by atoms with E-state index in [0.717, 1.165) is 5.56 Å². The number of rotatable bonds is 5. The van der Waals surface area contributed by atoms with Crippen LogP contribution in [0.4, 0.5) is 0 Å². The summed E-state index contributed by atoms with van der Waals surface area (Å²) in [5.41, 5.74) is 0.905. The third kappa shape index (κ3) is 4.84. The van der Waals surface area contributed by atoms with Crippen molar-refractivity contribution < 1.29 is 18.5 Å². The van der Waals surface area contributed by atoms with Crippen molar-refractivity contribution in [3.05, 3.63) is 33.8 Å². The fraction of sp³-hybridized carbons (Fsp3) is 0.500. The fourth-order valence-electron chi connectivity index (χ4n) is 2.48. The summed E-state index contributed by atoms with van der Waals surface area (Å²) in [6.07, 6.45) is 0.493. The fourth-order valence-corrected chi connectivity index (χ4v) is 4.73. The van der Waals surface area contributed by atoms with Crippen molar-refractivity contribution in [2.75, 3.05) is 18.1 Å². The van der Waals surface area contributed by atoms with E-state index in [-0.39, 0.29) is 36.0 Å². The Labute approximate surface area is 140 Å². The van der Waals surface area contributed by atoms with E-state index in [4.69, 9.17) is 23.2 Å². The molecule has 22 heavy (non-hydrogen) atoms. The second-order valence-corrected chi connectivity index (χ2v) is 8.63. The van der Waals surface area contributed by atoms with Crippen LogP contribution in [-0.2, 0) is 14.6 Å². The Morgan fingerprint density at radius 2 is 2.18 bits per heavy atom. The zero-order valence-electron chi connectivity index (χ0n) is 12.2. The first-order valence-corrected chi connectivity index (χ1v) is 9.62. The van der Waals surface area contributed by atoms with Gasteiger partial charge in [-0.15, -0.1) is 0 Å². The Kier molecular flexibility index (Phi) is 5.71. The lowest BCUT2D eigenvalue weighted by molar-refractivity contribution is -0.682. The van der Waals surface area contributed by atoms with Crippen LogP contribution in [0, 0.1) is 0 Å². The van der Waals surface area contributed by atoms with Gasteiger partial charge in [0.1, 0.15) is 6.04 Å². The van der Waals surface area contributed by atoms with E-state index >= 15 is 0 Å². The minimum absolute atomic E-state index is 0.00262. The van der Waals surface area contributed by atoms with E-state index in [2.05, 4.69) is 5.32 Å². The van der Waals surface area contributed by atoms with E-state index < -0.39 is 9.84 Å². The van der Waals surface area contributed by atoms with Crippen molar-refractivity contribution in [3.63, 3.8) is 0 Å². The summed E-state index contributed by atoms with van der Waals surface area (Å²) in [6, 6.07) is 5.01. The molecule has 5 nitrogen and oxygen atoms in total. The first-order chi connectivity index (χ1) is 10.3. The number of nitrogens with two attached hydrogens (primary N) is 1. The maximum atomic E-state index is 11.9. The molecule has 1 aliphatic heterocycles. The van der Waals surface area contributed by atoms with Crippen molar-refractivity contribution in [2.45, 2.75) is 25.4 Å². The number of carbonyl (C=O) groups excluding carboxylic acids is 1. The van der Waals surface area contributed by atoms with Gasteiger partial charge in [0.05, 0.1) is 16.5 Å². The van der Waals surface area contributed by atoms with Gasteiger partial charge in [-0.05, 0) is 25.5 Å².